The Balaban J connectivity index is 1.50. The van der Waals surface area contributed by atoms with Gasteiger partial charge < -0.3 is 15.2 Å². The number of hydrogen-bond acceptors (Lipinski definition) is 2. The molecule has 2 N–H and O–H groups in total. The second-order valence-corrected chi connectivity index (χ2v) is 8.12. The van der Waals surface area contributed by atoms with Crippen molar-refractivity contribution in [3.63, 3.8) is 0 Å². The van der Waals surface area contributed by atoms with Crippen molar-refractivity contribution in [2.75, 3.05) is 13.1 Å². The van der Waals surface area contributed by atoms with Crippen LogP contribution in [-0.2, 0) is 13.1 Å². The van der Waals surface area contributed by atoms with Crippen LogP contribution in [0.3, 0.4) is 0 Å². The SMILES string of the molecule is CCCCn1cc(C(=O)N2CCC(c3cccc(CN)c3)CC2)c2ccccc21. The van der Waals surface area contributed by atoms with E-state index in [0.717, 1.165) is 61.8 Å². The standard InChI is InChI=1S/C25H31N3O/c1-2-3-13-28-18-23(22-9-4-5-10-24(22)28)25(29)27-14-11-20(12-15-27)21-8-6-7-19(16-21)17-26/h4-10,16,18,20H,2-3,11-15,17,26H2,1H3. The molecule has 0 radical (unpaired) electrons. The zero-order chi connectivity index (χ0) is 20.2. The molecule has 4 rings (SSSR count). The number of carbonyl (C=O) groups excluding carboxylic acids is 1. The zero-order valence-corrected chi connectivity index (χ0v) is 17.3. The van der Waals surface area contributed by atoms with Crippen molar-refractivity contribution in [3.8, 4) is 0 Å². The van der Waals surface area contributed by atoms with E-state index in [-0.39, 0.29) is 5.91 Å². The number of hydrogen-bond donors (Lipinski definition) is 1. The van der Waals surface area contributed by atoms with Gasteiger partial charge in [0, 0.05) is 43.3 Å². The van der Waals surface area contributed by atoms with Gasteiger partial charge in [0.2, 0.25) is 0 Å². The molecule has 0 saturated carbocycles. The van der Waals surface area contributed by atoms with Crippen molar-refractivity contribution in [3.05, 3.63) is 71.4 Å². The predicted molar refractivity (Wildman–Crippen MR) is 119 cm³/mol. The molecule has 152 valence electrons. The predicted octanol–water partition coefficient (Wildman–Crippen LogP) is 4.92. The Kier molecular flexibility index (Phi) is 6.00. The molecule has 0 aliphatic carbocycles. The van der Waals surface area contributed by atoms with E-state index in [1.54, 1.807) is 0 Å². The second kappa shape index (κ2) is 8.83. The van der Waals surface area contributed by atoms with Crippen LogP contribution in [0.1, 0.15) is 60.0 Å². The minimum Gasteiger partial charge on any atom is -0.347 e. The van der Waals surface area contributed by atoms with Gasteiger partial charge in [0.1, 0.15) is 0 Å². The molecular weight excluding hydrogens is 358 g/mol. The van der Waals surface area contributed by atoms with Gasteiger partial charge >= 0.3 is 0 Å². The van der Waals surface area contributed by atoms with Crippen molar-refractivity contribution >= 4 is 16.8 Å². The summed E-state index contributed by atoms with van der Waals surface area (Å²) >= 11 is 0. The van der Waals surface area contributed by atoms with Crippen molar-refractivity contribution in [2.24, 2.45) is 5.73 Å². The minimum absolute atomic E-state index is 0.172. The number of likely N-dealkylation sites (tertiary alicyclic amines) is 1. The molecule has 1 amide bonds. The van der Waals surface area contributed by atoms with Crippen LogP contribution in [0, 0.1) is 0 Å². The van der Waals surface area contributed by atoms with Crippen LogP contribution in [0.4, 0.5) is 0 Å². The molecule has 1 aliphatic rings. The largest absolute Gasteiger partial charge is 0.347 e. The highest BCUT2D eigenvalue weighted by atomic mass is 16.2. The van der Waals surface area contributed by atoms with E-state index in [4.69, 9.17) is 5.73 Å². The third-order valence-electron chi connectivity index (χ3n) is 6.21. The number of carbonyl (C=O) groups is 1. The molecular formula is C25H31N3O. The summed E-state index contributed by atoms with van der Waals surface area (Å²) in [5.74, 6) is 0.682. The van der Waals surface area contributed by atoms with Crippen LogP contribution in [0.2, 0.25) is 0 Å². The smallest absolute Gasteiger partial charge is 0.256 e. The van der Waals surface area contributed by atoms with Gasteiger partial charge in [-0.2, -0.15) is 0 Å². The monoisotopic (exact) mass is 389 g/mol. The van der Waals surface area contributed by atoms with E-state index < -0.39 is 0 Å². The molecule has 0 atom stereocenters. The number of aromatic nitrogens is 1. The summed E-state index contributed by atoms with van der Waals surface area (Å²) in [6.07, 6.45) is 6.36. The molecule has 1 aromatic heterocycles. The number of nitrogens with two attached hydrogens (primary N) is 1. The lowest BCUT2D eigenvalue weighted by molar-refractivity contribution is 0.0714. The van der Waals surface area contributed by atoms with E-state index in [2.05, 4.69) is 60.2 Å². The first-order valence-corrected chi connectivity index (χ1v) is 10.9. The number of rotatable bonds is 6. The summed E-state index contributed by atoms with van der Waals surface area (Å²) in [6.45, 7) is 5.36. The molecule has 2 heterocycles. The number of nitrogens with zero attached hydrogens (tertiary/aromatic N) is 2. The molecule has 4 heteroatoms. The first-order chi connectivity index (χ1) is 14.2. The molecule has 0 unspecified atom stereocenters. The first kappa shape index (κ1) is 19.7. The van der Waals surface area contributed by atoms with E-state index in [1.165, 1.54) is 11.1 Å². The molecule has 0 spiro atoms. The van der Waals surface area contributed by atoms with Gasteiger partial charge in [-0.3, -0.25) is 4.79 Å². The lowest BCUT2D eigenvalue weighted by Gasteiger charge is -2.32. The van der Waals surface area contributed by atoms with Gasteiger partial charge in [-0.15, -0.1) is 0 Å². The van der Waals surface area contributed by atoms with Crippen molar-refractivity contribution in [1.29, 1.82) is 0 Å². The lowest BCUT2D eigenvalue weighted by atomic mass is 9.88. The maximum atomic E-state index is 13.3. The Bertz CT molecular complexity index is 983. The number of fused-ring (bicyclic) bond motifs is 1. The summed E-state index contributed by atoms with van der Waals surface area (Å²) in [5, 5.41) is 1.08. The average molecular weight is 390 g/mol. The van der Waals surface area contributed by atoms with Crippen molar-refractivity contribution in [1.82, 2.24) is 9.47 Å². The number of benzene rings is 2. The van der Waals surface area contributed by atoms with Crippen LogP contribution < -0.4 is 5.73 Å². The number of para-hydroxylation sites is 1. The van der Waals surface area contributed by atoms with E-state index in [9.17, 15) is 4.79 Å². The van der Waals surface area contributed by atoms with Gasteiger partial charge in [0.05, 0.1) is 5.56 Å². The Hall–Kier alpha value is -2.59. The summed E-state index contributed by atoms with van der Waals surface area (Å²) in [6, 6.07) is 16.9. The van der Waals surface area contributed by atoms with Crippen LogP contribution in [0.15, 0.2) is 54.7 Å². The van der Waals surface area contributed by atoms with E-state index >= 15 is 0 Å². The van der Waals surface area contributed by atoms with Gasteiger partial charge in [0.25, 0.3) is 5.91 Å². The molecule has 1 aliphatic heterocycles. The Morgan fingerprint density at radius 1 is 1.10 bits per heavy atom. The molecule has 1 saturated heterocycles. The lowest BCUT2D eigenvalue weighted by Crippen LogP contribution is -2.37. The maximum absolute atomic E-state index is 13.3. The Labute approximate surface area is 173 Å². The highest BCUT2D eigenvalue weighted by molar-refractivity contribution is 6.07. The highest BCUT2D eigenvalue weighted by Crippen LogP contribution is 2.30. The quantitative estimate of drug-likeness (QED) is 0.650. The van der Waals surface area contributed by atoms with Crippen molar-refractivity contribution in [2.45, 2.75) is 51.6 Å². The Morgan fingerprint density at radius 3 is 2.66 bits per heavy atom. The van der Waals surface area contributed by atoms with E-state index in [0.29, 0.717) is 12.5 Å². The molecule has 29 heavy (non-hydrogen) atoms. The summed E-state index contributed by atoms with van der Waals surface area (Å²) < 4.78 is 2.25. The number of amides is 1. The van der Waals surface area contributed by atoms with Crippen LogP contribution in [0.5, 0.6) is 0 Å². The average Bonchev–Trinajstić information content (AvgIpc) is 3.16. The van der Waals surface area contributed by atoms with Crippen LogP contribution >= 0.6 is 0 Å². The molecule has 4 nitrogen and oxygen atoms in total. The fourth-order valence-corrected chi connectivity index (χ4v) is 4.49. The third-order valence-corrected chi connectivity index (χ3v) is 6.21. The molecule has 2 aromatic carbocycles. The van der Waals surface area contributed by atoms with Gasteiger partial charge in [-0.05, 0) is 42.4 Å². The third kappa shape index (κ3) is 4.08. The maximum Gasteiger partial charge on any atom is 0.256 e. The van der Waals surface area contributed by atoms with Crippen molar-refractivity contribution < 1.29 is 4.79 Å². The topological polar surface area (TPSA) is 51.3 Å². The fourth-order valence-electron chi connectivity index (χ4n) is 4.49. The summed E-state index contributed by atoms with van der Waals surface area (Å²) in [4.78, 5) is 15.4. The number of piperidine rings is 1. The van der Waals surface area contributed by atoms with Gasteiger partial charge in [-0.1, -0.05) is 55.8 Å². The zero-order valence-electron chi connectivity index (χ0n) is 17.3. The minimum atomic E-state index is 0.172. The van der Waals surface area contributed by atoms with Crippen LogP contribution in [-0.4, -0.2) is 28.5 Å². The fraction of sp³-hybridized carbons (Fsp3) is 0.400. The van der Waals surface area contributed by atoms with Gasteiger partial charge in [-0.25, -0.2) is 0 Å². The van der Waals surface area contributed by atoms with Gasteiger partial charge in [0.15, 0.2) is 0 Å². The highest BCUT2D eigenvalue weighted by Gasteiger charge is 2.26. The summed E-state index contributed by atoms with van der Waals surface area (Å²) in [5.41, 5.74) is 10.3. The first-order valence-electron chi connectivity index (χ1n) is 10.9. The number of aryl methyl sites for hydroxylation is 1. The molecule has 0 bridgehead atoms. The second-order valence-electron chi connectivity index (χ2n) is 8.12. The molecule has 1 fully saturated rings. The number of unbranched alkanes of at least 4 members (excludes halogenated alkanes) is 1. The molecule has 3 aromatic rings. The van der Waals surface area contributed by atoms with E-state index in [1.807, 2.05) is 11.0 Å². The van der Waals surface area contributed by atoms with Crippen LogP contribution in [0.25, 0.3) is 10.9 Å². The Morgan fingerprint density at radius 2 is 1.90 bits per heavy atom. The summed E-state index contributed by atoms with van der Waals surface area (Å²) in [7, 11) is 0. The normalized spacial score (nSPS) is 15.2.